The molecule has 0 saturated carbocycles. The second kappa shape index (κ2) is 6.33. The summed E-state index contributed by atoms with van der Waals surface area (Å²) >= 11 is 3.54. The second-order valence-electron chi connectivity index (χ2n) is 4.94. The molecule has 3 nitrogen and oxygen atoms in total. The van der Waals surface area contributed by atoms with Gasteiger partial charge in [-0.1, -0.05) is 13.0 Å². The van der Waals surface area contributed by atoms with Crippen LogP contribution >= 0.6 is 35.1 Å². The van der Waals surface area contributed by atoms with Crippen LogP contribution in [0.4, 0.5) is 0 Å². The van der Waals surface area contributed by atoms with Crippen molar-refractivity contribution < 1.29 is 0 Å². The van der Waals surface area contributed by atoms with Crippen molar-refractivity contribution >= 4 is 35.1 Å². The highest BCUT2D eigenvalue weighted by molar-refractivity contribution is 7.20. The van der Waals surface area contributed by atoms with Crippen LogP contribution in [0.25, 0.3) is 9.88 Å². The van der Waals surface area contributed by atoms with Gasteiger partial charge in [0.1, 0.15) is 5.01 Å². The first-order valence-electron chi connectivity index (χ1n) is 6.19. The van der Waals surface area contributed by atoms with Crippen molar-refractivity contribution in [3.05, 3.63) is 28.6 Å². The number of thiophene rings is 1. The van der Waals surface area contributed by atoms with Crippen LogP contribution in [0.1, 0.15) is 11.8 Å². The number of likely N-dealkylation sites (tertiary alicyclic amines) is 1. The van der Waals surface area contributed by atoms with Crippen molar-refractivity contribution in [3.63, 3.8) is 0 Å². The Balaban J connectivity index is 0.00000133. The smallest absolute Gasteiger partial charge is 0.133 e. The van der Waals surface area contributed by atoms with Gasteiger partial charge in [0.05, 0.1) is 4.88 Å². The topological polar surface area (TPSA) is 42.2 Å². The van der Waals surface area contributed by atoms with E-state index in [2.05, 4.69) is 34.3 Å². The lowest BCUT2D eigenvalue weighted by molar-refractivity contribution is 0.321. The molecule has 19 heavy (non-hydrogen) atoms. The van der Waals surface area contributed by atoms with Gasteiger partial charge in [0, 0.05) is 36.8 Å². The summed E-state index contributed by atoms with van der Waals surface area (Å²) in [6.45, 7) is 5.33. The summed E-state index contributed by atoms with van der Waals surface area (Å²) in [5.41, 5.74) is 6.05. The zero-order chi connectivity index (χ0) is 12.5. The fraction of sp³-hybridized carbons (Fsp3) is 0.462. The van der Waals surface area contributed by atoms with Crippen molar-refractivity contribution in [1.82, 2.24) is 9.88 Å². The molecule has 6 heteroatoms. The van der Waals surface area contributed by atoms with Crippen molar-refractivity contribution in [2.45, 2.75) is 19.5 Å². The van der Waals surface area contributed by atoms with Crippen LogP contribution in [-0.2, 0) is 6.54 Å². The van der Waals surface area contributed by atoms with E-state index in [9.17, 15) is 0 Å². The third-order valence-corrected chi connectivity index (χ3v) is 5.43. The fourth-order valence-electron chi connectivity index (χ4n) is 2.34. The van der Waals surface area contributed by atoms with Crippen molar-refractivity contribution in [1.29, 1.82) is 0 Å². The summed E-state index contributed by atoms with van der Waals surface area (Å²) in [5.74, 6) is 0.606. The Bertz CT molecular complexity index is 502. The summed E-state index contributed by atoms with van der Waals surface area (Å²) in [6, 6.07) is 4.53. The summed E-state index contributed by atoms with van der Waals surface area (Å²) in [7, 11) is 0. The van der Waals surface area contributed by atoms with Gasteiger partial charge < -0.3 is 5.73 Å². The summed E-state index contributed by atoms with van der Waals surface area (Å²) in [4.78, 5) is 9.54. The molecule has 2 unspecified atom stereocenters. The average Bonchev–Trinajstić information content (AvgIpc) is 3.02. The van der Waals surface area contributed by atoms with E-state index in [0.717, 1.165) is 24.6 Å². The Labute approximate surface area is 127 Å². The van der Waals surface area contributed by atoms with E-state index in [1.54, 1.807) is 22.7 Å². The molecular formula is C13H18ClN3S2. The average molecular weight is 316 g/mol. The van der Waals surface area contributed by atoms with E-state index in [-0.39, 0.29) is 12.4 Å². The Morgan fingerprint density at radius 1 is 1.47 bits per heavy atom. The maximum Gasteiger partial charge on any atom is 0.133 e. The van der Waals surface area contributed by atoms with E-state index in [1.807, 2.05) is 6.20 Å². The lowest BCUT2D eigenvalue weighted by Gasteiger charge is -2.12. The van der Waals surface area contributed by atoms with Crippen LogP contribution < -0.4 is 5.73 Å². The number of rotatable bonds is 3. The number of hydrogen-bond donors (Lipinski definition) is 1. The molecule has 1 fully saturated rings. The van der Waals surface area contributed by atoms with Crippen LogP contribution in [0.2, 0.25) is 0 Å². The highest BCUT2D eigenvalue weighted by Crippen LogP contribution is 2.30. The first kappa shape index (κ1) is 14.9. The molecular weight excluding hydrogens is 298 g/mol. The van der Waals surface area contributed by atoms with Gasteiger partial charge in [-0.3, -0.25) is 4.90 Å². The maximum absolute atomic E-state index is 6.05. The predicted octanol–water partition coefficient (Wildman–Crippen LogP) is 3.07. The van der Waals surface area contributed by atoms with Crippen LogP contribution in [0.3, 0.4) is 0 Å². The monoisotopic (exact) mass is 315 g/mol. The molecule has 0 bridgehead atoms. The SMILES string of the molecule is CC1CN(Cc2cnc(-c3cccs3)s2)CC1N.Cl. The number of aromatic nitrogens is 1. The summed E-state index contributed by atoms with van der Waals surface area (Å²) < 4.78 is 0. The predicted molar refractivity (Wildman–Crippen MR) is 85.1 cm³/mol. The van der Waals surface area contributed by atoms with Crippen molar-refractivity contribution in [3.8, 4) is 9.88 Å². The molecule has 1 saturated heterocycles. The Hall–Kier alpha value is -0.460. The summed E-state index contributed by atoms with van der Waals surface area (Å²) in [6.07, 6.45) is 2.01. The van der Waals surface area contributed by atoms with Gasteiger partial charge in [0.25, 0.3) is 0 Å². The molecule has 3 rings (SSSR count). The number of nitrogens with zero attached hydrogens (tertiary/aromatic N) is 2. The molecule has 2 aromatic heterocycles. The Morgan fingerprint density at radius 3 is 2.95 bits per heavy atom. The zero-order valence-corrected chi connectivity index (χ0v) is 13.2. The maximum atomic E-state index is 6.05. The number of hydrogen-bond acceptors (Lipinski definition) is 5. The number of halogens is 1. The first-order valence-corrected chi connectivity index (χ1v) is 7.88. The molecule has 0 aliphatic carbocycles. The van der Waals surface area contributed by atoms with Crippen LogP contribution in [0.15, 0.2) is 23.7 Å². The van der Waals surface area contributed by atoms with Crippen LogP contribution in [0, 0.1) is 5.92 Å². The molecule has 104 valence electrons. The molecule has 0 amide bonds. The summed E-state index contributed by atoms with van der Waals surface area (Å²) in [5, 5.41) is 3.23. The van der Waals surface area contributed by atoms with Gasteiger partial charge in [0.15, 0.2) is 0 Å². The van der Waals surface area contributed by atoms with Gasteiger partial charge in [-0.2, -0.15) is 0 Å². The minimum Gasteiger partial charge on any atom is -0.326 e. The lowest BCUT2D eigenvalue weighted by atomic mass is 10.1. The highest BCUT2D eigenvalue weighted by atomic mass is 35.5. The van der Waals surface area contributed by atoms with Gasteiger partial charge in [-0.05, 0) is 17.4 Å². The number of thiazole rings is 1. The molecule has 1 aliphatic heterocycles. The van der Waals surface area contributed by atoms with E-state index in [1.165, 1.54) is 9.75 Å². The Morgan fingerprint density at radius 2 is 2.32 bits per heavy atom. The zero-order valence-electron chi connectivity index (χ0n) is 10.8. The van der Waals surface area contributed by atoms with Gasteiger partial charge in [-0.25, -0.2) is 4.98 Å². The number of nitrogens with two attached hydrogens (primary N) is 1. The van der Waals surface area contributed by atoms with Gasteiger partial charge in [0.2, 0.25) is 0 Å². The minimum absolute atomic E-state index is 0. The van der Waals surface area contributed by atoms with Crippen LogP contribution in [0.5, 0.6) is 0 Å². The van der Waals surface area contributed by atoms with E-state index < -0.39 is 0 Å². The third kappa shape index (κ3) is 3.35. The normalized spacial score (nSPS) is 23.5. The molecule has 0 aromatic carbocycles. The Kier molecular flexibility index (Phi) is 4.97. The molecule has 0 spiro atoms. The highest BCUT2D eigenvalue weighted by Gasteiger charge is 2.26. The van der Waals surface area contributed by atoms with E-state index >= 15 is 0 Å². The van der Waals surface area contributed by atoms with Crippen molar-refractivity contribution in [2.75, 3.05) is 13.1 Å². The van der Waals surface area contributed by atoms with E-state index in [4.69, 9.17) is 5.73 Å². The quantitative estimate of drug-likeness (QED) is 0.946. The minimum atomic E-state index is 0. The molecule has 0 radical (unpaired) electrons. The molecule has 2 N–H and O–H groups in total. The standard InChI is InChI=1S/C13H17N3S2.ClH/c1-9-6-16(8-11(9)14)7-10-5-15-13(18-10)12-3-2-4-17-12;/h2-5,9,11H,6-8,14H2,1H3;1H. The largest absolute Gasteiger partial charge is 0.326 e. The molecule has 1 aliphatic rings. The van der Waals surface area contributed by atoms with Crippen molar-refractivity contribution in [2.24, 2.45) is 11.7 Å². The molecule has 3 heterocycles. The van der Waals surface area contributed by atoms with Gasteiger partial charge >= 0.3 is 0 Å². The molecule has 2 aromatic rings. The first-order chi connectivity index (χ1) is 8.72. The molecule has 2 atom stereocenters. The fourth-order valence-corrected chi connectivity index (χ4v) is 4.10. The second-order valence-corrected chi connectivity index (χ2v) is 7.01. The van der Waals surface area contributed by atoms with Gasteiger partial charge in [-0.15, -0.1) is 35.1 Å². The lowest BCUT2D eigenvalue weighted by Crippen LogP contribution is -2.28. The van der Waals surface area contributed by atoms with E-state index in [0.29, 0.717) is 12.0 Å². The third-order valence-electron chi connectivity index (χ3n) is 3.41. The van der Waals surface area contributed by atoms with Crippen LogP contribution in [-0.4, -0.2) is 29.0 Å².